The number of imidazole rings is 1. The lowest BCUT2D eigenvalue weighted by atomic mass is 10.1. The van der Waals surface area contributed by atoms with Crippen LogP contribution in [-0.2, 0) is 7.05 Å². The van der Waals surface area contributed by atoms with Gasteiger partial charge in [0.2, 0.25) is 17.0 Å². The highest BCUT2D eigenvalue weighted by molar-refractivity contribution is 7.99. The zero-order chi connectivity index (χ0) is 24.5. The van der Waals surface area contributed by atoms with Gasteiger partial charge in [-0.3, -0.25) is 4.98 Å². The second-order valence-electron chi connectivity index (χ2n) is 10.4. The minimum atomic E-state index is 0.379. The van der Waals surface area contributed by atoms with Gasteiger partial charge in [-0.15, -0.1) is 0 Å². The molecule has 0 radical (unpaired) electrons. The lowest BCUT2D eigenvalue weighted by Crippen LogP contribution is -2.84. The molecule has 8 heteroatoms. The Hall–Kier alpha value is -4.66. The molecule has 8 heterocycles. The van der Waals surface area contributed by atoms with E-state index >= 15 is 0 Å². The molecule has 0 fully saturated rings. The van der Waals surface area contributed by atoms with Crippen molar-refractivity contribution in [1.82, 2.24) is 18.8 Å². The van der Waals surface area contributed by atoms with E-state index in [2.05, 4.69) is 103 Å². The van der Waals surface area contributed by atoms with Crippen LogP contribution in [0.1, 0.15) is 0 Å². The fraction of sp³-hybridized carbons (Fsp3) is 0.0333. The highest BCUT2D eigenvalue weighted by Crippen LogP contribution is 2.62. The number of aromatic nitrogens is 5. The molecule has 1 unspecified atom stereocenters. The van der Waals surface area contributed by atoms with Gasteiger partial charge in [-0.25, -0.2) is 4.57 Å². The Labute approximate surface area is 219 Å². The topological polar surface area (TPSA) is 39.7 Å². The molecule has 0 saturated heterocycles. The molecule has 7 aromatic rings. The Bertz CT molecular complexity index is 2330. The number of fused-ring (bicyclic) bond motifs is 5. The lowest BCUT2D eigenvalue weighted by molar-refractivity contribution is -1.01. The van der Waals surface area contributed by atoms with Crippen molar-refractivity contribution in [1.29, 1.82) is 0 Å². The molecule has 0 N–H and O–H groups in total. The number of rotatable bonds is 0. The van der Waals surface area contributed by atoms with Crippen molar-refractivity contribution in [3.63, 3.8) is 0 Å². The maximum atomic E-state index is 6.75. The molecule has 0 saturated carbocycles. The first kappa shape index (κ1) is 18.6. The second-order valence-corrected chi connectivity index (χ2v) is 11.4. The van der Waals surface area contributed by atoms with Crippen molar-refractivity contribution in [2.24, 2.45) is 7.05 Å². The number of benzene rings is 3. The zero-order valence-electron chi connectivity index (χ0n) is 20.1. The number of ether oxygens (including phenoxy) is 1. The van der Waals surface area contributed by atoms with Crippen LogP contribution in [0.3, 0.4) is 0 Å². The first-order valence-corrected chi connectivity index (χ1v) is 13.5. The molecule has 1 spiro atoms. The van der Waals surface area contributed by atoms with Crippen molar-refractivity contribution in [3.8, 4) is 28.6 Å². The summed E-state index contributed by atoms with van der Waals surface area (Å²) in [4.78, 5) is 7.03. The van der Waals surface area contributed by atoms with E-state index in [1.54, 1.807) is 0 Å². The average molecular weight is 510 g/mol. The summed E-state index contributed by atoms with van der Waals surface area (Å²) in [5, 5.41) is 2.53. The molecule has 176 valence electrons. The summed E-state index contributed by atoms with van der Waals surface area (Å²) in [6, 6.07) is 24.1. The normalized spacial score (nSPS) is 18.3. The van der Waals surface area contributed by atoms with Gasteiger partial charge in [-0.2, -0.15) is 4.57 Å². The minimum Gasteiger partial charge on any atom is -0.444 e. The molecule has 0 bridgehead atoms. The minimum absolute atomic E-state index is 0.379. The first-order valence-electron chi connectivity index (χ1n) is 12.7. The maximum absolute atomic E-state index is 6.75. The smallest absolute Gasteiger partial charge is 0.352 e. The van der Waals surface area contributed by atoms with Crippen LogP contribution >= 0.6 is 11.8 Å². The summed E-state index contributed by atoms with van der Waals surface area (Å²) < 4.78 is 16.8. The van der Waals surface area contributed by atoms with Gasteiger partial charge in [-0.05, 0) is 53.2 Å². The maximum Gasteiger partial charge on any atom is 0.352 e. The summed E-state index contributed by atoms with van der Waals surface area (Å²) in [6.45, 7) is 0. The van der Waals surface area contributed by atoms with E-state index in [4.69, 9.17) is 4.74 Å². The molecule has 0 aliphatic carbocycles. The van der Waals surface area contributed by atoms with Crippen molar-refractivity contribution < 1.29 is 14.1 Å². The molecule has 0 amide bonds. The standard InChI is InChI=1S/C30H17N6OS/c1-32-20-15-31-13-12-19(20)35-29(32)18-6-2-8-21-27(18)36(35)28-22(37-21)10-11-24-26(28)34-25-16(5-3-9-23(25)38-24)17-7-4-14-33(36)30(17)34/h2-15H,1H3/q+3. The summed E-state index contributed by atoms with van der Waals surface area (Å²) in [6.07, 6.45) is 6.10. The van der Waals surface area contributed by atoms with Gasteiger partial charge in [0, 0.05) is 22.3 Å². The van der Waals surface area contributed by atoms with Gasteiger partial charge < -0.3 is 4.74 Å². The molecule has 3 aromatic carbocycles. The monoisotopic (exact) mass is 509 g/mol. The molecule has 4 aliphatic rings. The van der Waals surface area contributed by atoms with Crippen molar-refractivity contribution >= 4 is 56.1 Å². The number of nitrogens with zero attached hydrogens (tertiary/aromatic N) is 6. The number of quaternary nitrogens is 1. The van der Waals surface area contributed by atoms with Gasteiger partial charge in [0.1, 0.15) is 5.56 Å². The van der Waals surface area contributed by atoms with Crippen molar-refractivity contribution in [2.45, 2.75) is 9.79 Å². The summed E-state index contributed by atoms with van der Waals surface area (Å²) in [7, 11) is 2.14. The number of para-hydroxylation sites is 2. The Balaban J connectivity index is 1.52. The van der Waals surface area contributed by atoms with E-state index in [0.29, 0.717) is 4.70 Å². The Morgan fingerprint density at radius 3 is 2.76 bits per heavy atom. The Kier molecular flexibility index (Phi) is 2.73. The van der Waals surface area contributed by atoms with E-state index in [-0.39, 0.29) is 0 Å². The predicted molar refractivity (Wildman–Crippen MR) is 144 cm³/mol. The highest BCUT2D eigenvalue weighted by atomic mass is 32.2. The van der Waals surface area contributed by atoms with Crippen LogP contribution in [0, 0.1) is 0 Å². The van der Waals surface area contributed by atoms with Crippen LogP contribution in [0.4, 0.5) is 11.4 Å². The van der Waals surface area contributed by atoms with E-state index < -0.39 is 0 Å². The number of pyridine rings is 2. The van der Waals surface area contributed by atoms with E-state index in [1.807, 2.05) is 24.2 Å². The number of hydrogen-bond donors (Lipinski definition) is 0. The molecule has 1 atom stereocenters. The molecule has 4 aliphatic heterocycles. The quantitative estimate of drug-likeness (QED) is 0.195. The van der Waals surface area contributed by atoms with Gasteiger partial charge >= 0.3 is 17.2 Å². The summed E-state index contributed by atoms with van der Waals surface area (Å²) >= 11 is 1.86. The third-order valence-corrected chi connectivity index (χ3v) is 9.86. The lowest BCUT2D eigenvalue weighted by Gasteiger charge is -2.35. The molecule has 38 heavy (non-hydrogen) atoms. The summed E-state index contributed by atoms with van der Waals surface area (Å²) in [5.74, 6) is 2.91. The molecule has 7 nitrogen and oxygen atoms in total. The Morgan fingerprint density at radius 1 is 0.895 bits per heavy atom. The van der Waals surface area contributed by atoms with Crippen molar-refractivity contribution in [3.05, 3.63) is 85.3 Å². The number of hydrogen-bond acceptors (Lipinski definition) is 3. The van der Waals surface area contributed by atoms with Gasteiger partial charge in [0.15, 0.2) is 23.0 Å². The zero-order valence-corrected chi connectivity index (χ0v) is 20.9. The molecule has 11 rings (SSSR count). The fourth-order valence-corrected chi connectivity index (χ4v) is 8.60. The van der Waals surface area contributed by atoms with E-state index in [0.717, 1.165) is 39.7 Å². The molecular weight excluding hydrogens is 492 g/mol. The predicted octanol–water partition coefficient (Wildman–Crippen LogP) is 5.68. The van der Waals surface area contributed by atoms with Crippen LogP contribution < -0.4 is 18.8 Å². The van der Waals surface area contributed by atoms with Crippen LogP contribution in [-0.4, -0.2) is 14.1 Å². The number of aryl methyl sites for hydroxylation is 1. The second kappa shape index (κ2) is 5.60. The first-order chi connectivity index (χ1) is 18.8. The summed E-state index contributed by atoms with van der Waals surface area (Å²) in [5.41, 5.74) is 9.35. The molecule has 4 aromatic heterocycles. The van der Waals surface area contributed by atoms with Crippen LogP contribution in [0.25, 0.3) is 50.0 Å². The largest absolute Gasteiger partial charge is 0.444 e. The SMILES string of the molecule is Cn1c2[n+](c3ccncc31)[N+]13c4c(cccc4-2)Oc2ccc4c(c21)-n1c2c(cccc2c2ccc[n+]3c21)S4. The van der Waals surface area contributed by atoms with E-state index in [9.17, 15) is 0 Å². The fourth-order valence-electron chi connectivity index (χ4n) is 7.50. The van der Waals surface area contributed by atoms with Crippen LogP contribution in [0.2, 0.25) is 0 Å². The van der Waals surface area contributed by atoms with Crippen molar-refractivity contribution in [2.75, 3.05) is 0 Å². The van der Waals surface area contributed by atoms with Crippen LogP contribution in [0.5, 0.6) is 11.5 Å². The third kappa shape index (κ3) is 1.62. The molecular formula is C30H17N6OS+3. The third-order valence-electron chi connectivity index (χ3n) is 8.76. The van der Waals surface area contributed by atoms with Gasteiger partial charge in [-0.1, -0.05) is 23.9 Å². The average Bonchev–Trinajstić information content (AvgIpc) is 3.57. The highest BCUT2D eigenvalue weighted by Gasteiger charge is 2.69. The van der Waals surface area contributed by atoms with Crippen LogP contribution in [0.15, 0.2) is 95.1 Å². The Morgan fingerprint density at radius 2 is 1.79 bits per heavy atom. The van der Waals surface area contributed by atoms with Gasteiger partial charge in [0.25, 0.3) is 5.69 Å². The van der Waals surface area contributed by atoms with E-state index in [1.165, 1.54) is 43.0 Å². The van der Waals surface area contributed by atoms with Gasteiger partial charge in [0.05, 0.1) is 33.1 Å².